The lowest BCUT2D eigenvalue weighted by atomic mass is 10.1. The van der Waals surface area contributed by atoms with Crippen molar-refractivity contribution in [2.75, 3.05) is 39.8 Å². The number of ether oxygens (including phenoxy) is 1. The number of amides is 1. The number of aliphatic imine (C=N–C) groups is 1. The van der Waals surface area contributed by atoms with Gasteiger partial charge < -0.3 is 20.3 Å². The molecule has 0 unspecified atom stereocenters. The largest absolute Gasteiger partial charge is 0.378 e. The summed E-state index contributed by atoms with van der Waals surface area (Å²) in [6.45, 7) is 7.23. The van der Waals surface area contributed by atoms with Gasteiger partial charge in [-0.05, 0) is 44.4 Å². The second-order valence-corrected chi connectivity index (χ2v) is 6.34. The molecule has 1 aromatic rings. The zero-order valence-corrected chi connectivity index (χ0v) is 18.6. The summed E-state index contributed by atoms with van der Waals surface area (Å²) in [4.78, 5) is 18.6. The Morgan fingerprint density at radius 2 is 1.96 bits per heavy atom. The fourth-order valence-corrected chi connectivity index (χ4v) is 2.99. The van der Waals surface area contributed by atoms with Crippen molar-refractivity contribution < 1.29 is 13.9 Å². The van der Waals surface area contributed by atoms with Crippen LogP contribution in [0.2, 0.25) is 0 Å². The lowest BCUT2D eigenvalue weighted by Gasteiger charge is -2.34. The summed E-state index contributed by atoms with van der Waals surface area (Å²) >= 11 is 0. The number of hydrogen-bond acceptors (Lipinski definition) is 3. The number of nitrogens with one attached hydrogen (secondary N) is 2. The summed E-state index contributed by atoms with van der Waals surface area (Å²) in [5.41, 5.74) is 0.857. The van der Waals surface area contributed by atoms with Gasteiger partial charge in [0, 0.05) is 45.4 Å². The quantitative estimate of drug-likeness (QED) is 0.277. The third-order valence-electron chi connectivity index (χ3n) is 4.48. The molecule has 0 aliphatic carbocycles. The first-order valence-corrected chi connectivity index (χ1v) is 9.16. The molecule has 1 heterocycles. The molecular weight excluding hydrogens is 462 g/mol. The number of hydrogen-bond donors (Lipinski definition) is 2. The van der Waals surface area contributed by atoms with Gasteiger partial charge in [-0.3, -0.25) is 9.79 Å². The van der Waals surface area contributed by atoms with Crippen LogP contribution in [0.5, 0.6) is 0 Å². The zero-order chi connectivity index (χ0) is 18.9. The highest BCUT2D eigenvalue weighted by molar-refractivity contribution is 14.0. The van der Waals surface area contributed by atoms with Gasteiger partial charge in [-0.2, -0.15) is 0 Å². The minimum atomic E-state index is -0.369. The topological polar surface area (TPSA) is 66.0 Å². The van der Waals surface area contributed by atoms with E-state index in [1.165, 1.54) is 6.07 Å². The highest BCUT2D eigenvalue weighted by atomic mass is 127. The van der Waals surface area contributed by atoms with E-state index in [0.29, 0.717) is 30.3 Å². The molecule has 2 rings (SSSR count). The average molecular weight is 492 g/mol. The molecular formula is C19H30FIN4O2. The third-order valence-corrected chi connectivity index (χ3v) is 4.48. The molecule has 1 aliphatic rings. The van der Waals surface area contributed by atoms with Gasteiger partial charge in [-0.1, -0.05) is 6.07 Å². The molecule has 0 radical (unpaired) electrons. The number of benzene rings is 1. The molecule has 1 saturated heterocycles. The Balaban J connectivity index is 0.00000364. The molecule has 1 amide bonds. The summed E-state index contributed by atoms with van der Waals surface area (Å²) in [5.74, 6) is 0.181. The lowest BCUT2D eigenvalue weighted by molar-refractivity contribution is 0.0264. The van der Waals surface area contributed by atoms with Gasteiger partial charge in [-0.15, -0.1) is 24.0 Å². The van der Waals surface area contributed by atoms with Gasteiger partial charge in [0.1, 0.15) is 5.82 Å². The van der Waals surface area contributed by atoms with Crippen LogP contribution in [-0.4, -0.2) is 62.7 Å². The standard InChI is InChI=1S/C19H29FN4O2.HI/c1-4-26-16-7-11-24(12-8-16)19(21-3)23-10-9-22-18(25)15-6-5-14(2)17(20)13-15;/h5-6,13,16H,4,7-12H2,1-3H3,(H,21,23)(H,22,25);1H. The summed E-state index contributed by atoms with van der Waals surface area (Å²) < 4.78 is 19.2. The highest BCUT2D eigenvalue weighted by Crippen LogP contribution is 2.13. The van der Waals surface area contributed by atoms with Crippen LogP contribution in [-0.2, 0) is 4.74 Å². The monoisotopic (exact) mass is 492 g/mol. The summed E-state index contributed by atoms with van der Waals surface area (Å²) in [5, 5.41) is 6.05. The molecule has 1 fully saturated rings. The summed E-state index contributed by atoms with van der Waals surface area (Å²) in [6.07, 6.45) is 2.32. The Bertz CT molecular complexity index is 634. The van der Waals surface area contributed by atoms with Crippen molar-refractivity contribution in [3.05, 3.63) is 35.1 Å². The zero-order valence-electron chi connectivity index (χ0n) is 16.3. The van der Waals surface area contributed by atoms with E-state index in [1.807, 2.05) is 6.92 Å². The van der Waals surface area contributed by atoms with Crippen molar-refractivity contribution in [2.45, 2.75) is 32.8 Å². The molecule has 27 heavy (non-hydrogen) atoms. The van der Waals surface area contributed by atoms with Gasteiger partial charge in [0.2, 0.25) is 0 Å². The number of aryl methyl sites for hydroxylation is 1. The number of piperidine rings is 1. The fraction of sp³-hybridized carbons (Fsp3) is 0.579. The van der Waals surface area contributed by atoms with Gasteiger partial charge in [-0.25, -0.2) is 4.39 Å². The Morgan fingerprint density at radius 3 is 2.56 bits per heavy atom. The van der Waals surface area contributed by atoms with Crippen LogP contribution in [0.3, 0.4) is 0 Å². The number of likely N-dealkylation sites (tertiary alicyclic amines) is 1. The molecule has 0 aromatic heterocycles. The Hall–Kier alpha value is -1.42. The number of guanidine groups is 1. The second-order valence-electron chi connectivity index (χ2n) is 6.34. The second kappa shape index (κ2) is 12.1. The van der Waals surface area contributed by atoms with Crippen LogP contribution < -0.4 is 10.6 Å². The van der Waals surface area contributed by atoms with E-state index >= 15 is 0 Å². The summed E-state index contributed by atoms with van der Waals surface area (Å²) in [7, 11) is 1.75. The SMILES string of the molecule is CCOC1CCN(C(=NC)NCCNC(=O)c2ccc(C)c(F)c2)CC1.I. The predicted molar refractivity (Wildman–Crippen MR) is 116 cm³/mol. The molecule has 1 aromatic carbocycles. The fourth-order valence-electron chi connectivity index (χ4n) is 2.99. The first-order chi connectivity index (χ1) is 12.5. The van der Waals surface area contributed by atoms with E-state index < -0.39 is 0 Å². The maximum atomic E-state index is 13.5. The molecule has 1 aliphatic heterocycles. The van der Waals surface area contributed by atoms with Gasteiger partial charge >= 0.3 is 0 Å². The van der Waals surface area contributed by atoms with Gasteiger partial charge in [0.25, 0.3) is 5.91 Å². The average Bonchev–Trinajstić information content (AvgIpc) is 2.65. The van der Waals surface area contributed by atoms with Crippen LogP contribution in [0.15, 0.2) is 23.2 Å². The number of carbonyl (C=O) groups excluding carboxylic acids is 1. The van der Waals surface area contributed by atoms with Gasteiger partial charge in [0.05, 0.1) is 6.10 Å². The number of carbonyl (C=O) groups is 1. The van der Waals surface area contributed by atoms with E-state index in [-0.39, 0.29) is 35.7 Å². The Morgan fingerprint density at radius 1 is 1.30 bits per heavy atom. The molecule has 0 saturated carbocycles. The van der Waals surface area contributed by atoms with Crippen molar-refractivity contribution in [1.29, 1.82) is 0 Å². The van der Waals surface area contributed by atoms with Crippen LogP contribution >= 0.6 is 24.0 Å². The van der Waals surface area contributed by atoms with Crippen molar-refractivity contribution in [1.82, 2.24) is 15.5 Å². The predicted octanol–water partition coefficient (Wildman–Crippen LogP) is 2.56. The molecule has 2 N–H and O–H groups in total. The van der Waals surface area contributed by atoms with E-state index in [2.05, 4.69) is 20.5 Å². The summed E-state index contributed by atoms with van der Waals surface area (Å²) in [6, 6.07) is 4.50. The number of halogens is 2. The lowest BCUT2D eigenvalue weighted by Crippen LogP contribution is -2.48. The molecule has 0 spiro atoms. The Kier molecular flexibility index (Phi) is 10.6. The highest BCUT2D eigenvalue weighted by Gasteiger charge is 2.21. The van der Waals surface area contributed by atoms with E-state index in [1.54, 1.807) is 26.1 Å². The van der Waals surface area contributed by atoms with E-state index in [9.17, 15) is 9.18 Å². The van der Waals surface area contributed by atoms with Gasteiger partial charge in [0.15, 0.2) is 5.96 Å². The minimum Gasteiger partial charge on any atom is -0.378 e. The molecule has 8 heteroatoms. The van der Waals surface area contributed by atoms with E-state index in [4.69, 9.17) is 4.74 Å². The molecule has 0 bridgehead atoms. The molecule has 6 nitrogen and oxygen atoms in total. The van der Waals surface area contributed by atoms with Crippen LogP contribution in [0, 0.1) is 12.7 Å². The number of nitrogens with zero attached hydrogens (tertiary/aromatic N) is 2. The minimum absolute atomic E-state index is 0. The first kappa shape index (κ1) is 23.6. The smallest absolute Gasteiger partial charge is 0.251 e. The van der Waals surface area contributed by atoms with Crippen molar-refractivity contribution in [2.24, 2.45) is 4.99 Å². The normalized spacial score (nSPS) is 15.3. The van der Waals surface area contributed by atoms with Crippen molar-refractivity contribution in [3.8, 4) is 0 Å². The van der Waals surface area contributed by atoms with Crippen molar-refractivity contribution >= 4 is 35.8 Å². The van der Waals surface area contributed by atoms with E-state index in [0.717, 1.165) is 38.5 Å². The Labute approximate surface area is 178 Å². The van der Waals surface area contributed by atoms with Crippen LogP contribution in [0.25, 0.3) is 0 Å². The van der Waals surface area contributed by atoms with Crippen LogP contribution in [0.4, 0.5) is 4.39 Å². The van der Waals surface area contributed by atoms with Crippen LogP contribution in [0.1, 0.15) is 35.7 Å². The molecule has 152 valence electrons. The third kappa shape index (κ3) is 7.25. The maximum absolute atomic E-state index is 13.5. The maximum Gasteiger partial charge on any atom is 0.251 e. The van der Waals surface area contributed by atoms with Crippen molar-refractivity contribution in [3.63, 3.8) is 0 Å². The first-order valence-electron chi connectivity index (χ1n) is 9.16. The number of rotatable bonds is 6. The molecule has 0 atom stereocenters.